The zero-order chi connectivity index (χ0) is 19.7. The molecule has 1 heteroatoms. The molecule has 0 spiro atoms. The van der Waals surface area contributed by atoms with E-state index in [4.69, 9.17) is 0 Å². The summed E-state index contributed by atoms with van der Waals surface area (Å²) >= 11 is 0. The van der Waals surface area contributed by atoms with Crippen LogP contribution in [0.25, 0.3) is 0 Å². The first-order valence-corrected chi connectivity index (χ1v) is 12.4. The lowest BCUT2D eigenvalue weighted by Crippen LogP contribution is -2.52. The molecule has 0 heterocycles. The number of allylic oxidation sites excluding steroid dienone is 3. The molecular weight excluding hydrogens is 340 g/mol. The van der Waals surface area contributed by atoms with Gasteiger partial charge in [0.1, 0.15) is 0 Å². The van der Waals surface area contributed by atoms with Crippen LogP contribution >= 0.6 is 0 Å². The second-order valence-corrected chi connectivity index (χ2v) is 11.8. The van der Waals surface area contributed by atoms with Gasteiger partial charge in [-0.05, 0) is 98.7 Å². The molecule has 3 fully saturated rings. The van der Waals surface area contributed by atoms with E-state index >= 15 is 0 Å². The van der Waals surface area contributed by atoms with Crippen molar-refractivity contribution in [2.24, 2.45) is 40.4 Å². The molecule has 0 aromatic rings. The predicted octanol–water partition coefficient (Wildman–Crippen LogP) is 7.06. The molecule has 0 bridgehead atoms. The Balaban J connectivity index is 1.49. The van der Waals surface area contributed by atoms with Gasteiger partial charge in [-0.1, -0.05) is 62.8 Å². The van der Waals surface area contributed by atoms with Crippen LogP contribution in [0.5, 0.6) is 0 Å². The van der Waals surface area contributed by atoms with E-state index in [0.29, 0.717) is 16.7 Å². The summed E-state index contributed by atoms with van der Waals surface area (Å²) in [4.78, 5) is 0. The molecule has 0 amide bonds. The fraction of sp³-hybridized carbons (Fsp3) is 0.852. The number of aliphatic hydroxyl groups excluding tert-OH is 1. The van der Waals surface area contributed by atoms with Crippen molar-refractivity contribution in [3.05, 3.63) is 22.8 Å². The average molecular weight is 383 g/mol. The van der Waals surface area contributed by atoms with E-state index in [0.717, 1.165) is 36.5 Å². The summed E-state index contributed by atoms with van der Waals surface area (Å²) in [7, 11) is 0. The molecule has 0 aromatic carbocycles. The number of fused-ring (bicyclic) bond motifs is 5. The van der Waals surface area contributed by atoms with Gasteiger partial charge in [0.2, 0.25) is 0 Å². The predicted molar refractivity (Wildman–Crippen MR) is 117 cm³/mol. The van der Waals surface area contributed by atoms with Gasteiger partial charge in [-0.3, -0.25) is 0 Å². The standard InChI is InChI=1S/C27H42O/c1-17-14-20-16-21(28)10-12-26(20,3)22-11-13-27(4)23(24(17)22)15-18(2)25(27)19-8-6-5-7-9-19/h14,17,19,21-24,28H,5-13,15-16H2,1-4H3/t17-,21+,22+,23+,24-,26+,27+/m1/s1. The maximum absolute atomic E-state index is 10.3. The molecule has 156 valence electrons. The molecule has 0 aromatic heterocycles. The van der Waals surface area contributed by atoms with Crippen LogP contribution in [0.4, 0.5) is 0 Å². The van der Waals surface area contributed by atoms with Crippen LogP contribution in [0.2, 0.25) is 0 Å². The molecule has 0 aliphatic heterocycles. The van der Waals surface area contributed by atoms with Crippen molar-refractivity contribution in [3.63, 3.8) is 0 Å². The van der Waals surface area contributed by atoms with Crippen LogP contribution in [0.1, 0.15) is 98.3 Å². The van der Waals surface area contributed by atoms with E-state index in [2.05, 4.69) is 33.8 Å². The van der Waals surface area contributed by atoms with Crippen LogP contribution in [0.15, 0.2) is 22.8 Å². The van der Waals surface area contributed by atoms with Crippen molar-refractivity contribution >= 4 is 0 Å². The van der Waals surface area contributed by atoms with Crippen molar-refractivity contribution in [2.45, 2.75) is 104 Å². The van der Waals surface area contributed by atoms with Crippen LogP contribution in [-0.2, 0) is 0 Å². The molecule has 1 N–H and O–H groups in total. The third-order valence-electron chi connectivity index (χ3n) is 10.4. The van der Waals surface area contributed by atoms with Gasteiger partial charge in [-0.15, -0.1) is 0 Å². The summed E-state index contributed by atoms with van der Waals surface area (Å²) in [6.07, 6.45) is 17.2. The molecule has 3 saturated carbocycles. The summed E-state index contributed by atoms with van der Waals surface area (Å²) in [6.45, 7) is 10.2. The largest absolute Gasteiger partial charge is 0.393 e. The van der Waals surface area contributed by atoms with Crippen LogP contribution in [0, 0.1) is 40.4 Å². The maximum atomic E-state index is 10.3. The first-order valence-electron chi connectivity index (χ1n) is 12.4. The van der Waals surface area contributed by atoms with Crippen molar-refractivity contribution < 1.29 is 5.11 Å². The van der Waals surface area contributed by atoms with Gasteiger partial charge in [0.25, 0.3) is 0 Å². The summed E-state index contributed by atoms with van der Waals surface area (Å²) < 4.78 is 0. The van der Waals surface area contributed by atoms with Crippen LogP contribution in [0.3, 0.4) is 0 Å². The highest BCUT2D eigenvalue weighted by Crippen LogP contribution is 2.68. The van der Waals surface area contributed by atoms with E-state index in [9.17, 15) is 5.11 Å². The van der Waals surface area contributed by atoms with E-state index in [1.54, 1.807) is 11.1 Å². The molecule has 0 saturated heterocycles. The van der Waals surface area contributed by atoms with Gasteiger partial charge in [-0.25, -0.2) is 0 Å². The van der Waals surface area contributed by atoms with E-state index in [-0.39, 0.29) is 6.10 Å². The van der Waals surface area contributed by atoms with Gasteiger partial charge in [-0.2, -0.15) is 0 Å². The van der Waals surface area contributed by atoms with Gasteiger partial charge in [0.05, 0.1) is 6.10 Å². The van der Waals surface area contributed by atoms with Gasteiger partial charge >= 0.3 is 0 Å². The third-order valence-corrected chi connectivity index (χ3v) is 10.4. The van der Waals surface area contributed by atoms with Gasteiger partial charge in [0, 0.05) is 0 Å². The minimum Gasteiger partial charge on any atom is -0.393 e. The SMILES string of the molecule is CC1=C(C2CCCCC2)[C@@]2(C)CC[C@H]3[C@@H]([C@H](C)C=C4C[C@@H](O)CC[C@@]43C)[C@@H]2C1. The minimum atomic E-state index is -0.0924. The number of hydrogen-bond acceptors (Lipinski definition) is 1. The molecule has 5 rings (SSSR count). The first kappa shape index (κ1) is 19.4. The molecule has 0 unspecified atom stereocenters. The van der Waals surface area contributed by atoms with E-state index in [1.807, 2.05) is 5.57 Å². The zero-order valence-corrected chi connectivity index (χ0v) is 18.8. The normalized spacial score (nSPS) is 49.3. The molecule has 28 heavy (non-hydrogen) atoms. The minimum absolute atomic E-state index is 0.0924. The number of aliphatic hydroxyl groups is 1. The fourth-order valence-corrected chi connectivity index (χ4v) is 9.17. The van der Waals surface area contributed by atoms with Crippen molar-refractivity contribution in [3.8, 4) is 0 Å². The summed E-state index contributed by atoms with van der Waals surface area (Å²) in [5.74, 6) is 4.12. The topological polar surface area (TPSA) is 20.2 Å². The van der Waals surface area contributed by atoms with Gasteiger partial charge in [0.15, 0.2) is 0 Å². The second kappa shape index (κ2) is 6.73. The molecule has 1 nitrogen and oxygen atoms in total. The highest BCUT2D eigenvalue weighted by Gasteiger charge is 2.59. The molecule has 0 radical (unpaired) electrons. The smallest absolute Gasteiger partial charge is 0.0577 e. The fourth-order valence-electron chi connectivity index (χ4n) is 9.17. The van der Waals surface area contributed by atoms with Gasteiger partial charge < -0.3 is 5.11 Å². The monoisotopic (exact) mass is 382 g/mol. The third kappa shape index (κ3) is 2.67. The zero-order valence-electron chi connectivity index (χ0n) is 18.8. The first-order chi connectivity index (χ1) is 13.3. The number of hydrogen-bond donors (Lipinski definition) is 1. The van der Waals surface area contributed by atoms with E-state index < -0.39 is 0 Å². The molecule has 5 aliphatic rings. The molecular formula is C27H42O. The van der Waals surface area contributed by atoms with E-state index in [1.165, 1.54) is 57.8 Å². The lowest BCUT2D eigenvalue weighted by molar-refractivity contribution is -0.0506. The van der Waals surface area contributed by atoms with Crippen LogP contribution in [-0.4, -0.2) is 11.2 Å². The lowest BCUT2D eigenvalue weighted by Gasteiger charge is -2.60. The molecule has 7 atom stereocenters. The quantitative estimate of drug-likeness (QED) is 0.481. The number of rotatable bonds is 1. The Morgan fingerprint density at radius 1 is 0.893 bits per heavy atom. The molecule has 5 aliphatic carbocycles. The summed E-state index contributed by atoms with van der Waals surface area (Å²) in [5, 5.41) is 10.3. The van der Waals surface area contributed by atoms with Crippen molar-refractivity contribution in [1.82, 2.24) is 0 Å². The maximum Gasteiger partial charge on any atom is 0.0577 e. The Morgan fingerprint density at radius 2 is 1.61 bits per heavy atom. The summed E-state index contributed by atoms with van der Waals surface area (Å²) in [6, 6.07) is 0. The Hall–Kier alpha value is -0.560. The highest BCUT2D eigenvalue weighted by molar-refractivity contribution is 5.35. The Labute approximate surface area is 173 Å². The van der Waals surface area contributed by atoms with Crippen LogP contribution < -0.4 is 0 Å². The average Bonchev–Trinajstić information content (AvgIpc) is 2.94. The Bertz CT molecular complexity index is 695. The Kier molecular flexibility index (Phi) is 4.66. The van der Waals surface area contributed by atoms with Crippen molar-refractivity contribution in [2.75, 3.05) is 0 Å². The second-order valence-electron chi connectivity index (χ2n) is 11.8. The lowest BCUT2D eigenvalue weighted by atomic mass is 9.45. The summed E-state index contributed by atoms with van der Waals surface area (Å²) in [5.41, 5.74) is 6.16. The highest BCUT2D eigenvalue weighted by atomic mass is 16.3. The van der Waals surface area contributed by atoms with Crippen molar-refractivity contribution in [1.29, 1.82) is 0 Å². The Morgan fingerprint density at radius 3 is 2.36 bits per heavy atom.